The number of nitrogens with one attached hydrogen (secondary N) is 1. The third-order valence-corrected chi connectivity index (χ3v) is 3.82. The van der Waals surface area contributed by atoms with E-state index in [-0.39, 0.29) is 5.82 Å². The molecule has 25 heavy (non-hydrogen) atoms. The SMILES string of the molecule is [2H]C([2H])(OC(=O)[C@@H](N)C(C)C)[C@]1(F)C[C@@H](O)[C@]([2H])(N2C=C(Cl)C(=O)NC2=C)O1. The summed E-state index contributed by atoms with van der Waals surface area (Å²) in [5.41, 5.74) is 5.58. The third kappa shape index (κ3) is 4.30. The largest absolute Gasteiger partial charge is 0.458 e. The van der Waals surface area contributed by atoms with Crippen LogP contribution in [-0.4, -0.2) is 52.6 Å². The number of nitrogens with two attached hydrogens (primary N) is 1. The Balaban J connectivity index is 2.30. The summed E-state index contributed by atoms with van der Waals surface area (Å²) >= 11 is 5.70. The zero-order valence-corrected chi connectivity index (χ0v) is 14.3. The number of carbonyl (C=O) groups is 2. The zero-order valence-electron chi connectivity index (χ0n) is 16.6. The van der Waals surface area contributed by atoms with Gasteiger partial charge in [0.25, 0.3) is 5.91 Å². The molecule has 140 valence electrons. The lowest BCUT2D eigenvalue weighted by Crippen LogP contribution is -2.46. The first-order chi connectivity index (χ1) is 12.6. The van der Waals surface area contributed by atoms with Crippen LogP contribution in [0.15, 0.2) is 23.6 Å². The van der Waals surface area contributed by atoms with Gasteiger partial charge in [0.05, 0.1) is 4.11 Å². The number of rotatable bonds is 5. The molecule has 10 heteroatoms. The van der Waals surface area contributed by atoms with Crippen molar-refractivity contribution in [2.45, 2.75) is 44.5 Å². The van der Waals surface area contributed by atoms with Crippen LogP contribution in [0.2, 0.25) is 0 Å². The van der Waals surface area contributed by atoms with Gasteiger partial charge in [0.2, 0.25) is 5.85 Å². The van der Waals surface area contributed by atoms with Crippen LogP contribution in [0.1, 0.15) is 24.4 Å². The molecule has 4 atom stereocenters. The van der Waals surface area contributed by atoms with Crippen LogP contribution >= 0.6 is 11.6 Å². The van der Waals surface area contributed by atoms with Gasteiger partial charge < -0.3 is 30.5 Å². The van der Waals surface area contributed by atoms with E-state index in [0.717, 1.165) is 11.1 Å². The Bertz CT molecular complexity index is 740. The van der Waals surface area contributed by atoms with E-state index in [2.05, 4.69) is 16.6 Å². The molecule has 0 aromatic carbocycles. The predicted molar refractivity (Wildman–Crippen MR) is 86.2 cm³/mol. The first-order valence-electron chi connectivity index (χ1n) is 8.87. The Morgan fingerprint density at radius 3 is 3.08 bits per heavy atom. The van der Waals surface area contributed by atoms with Crippen molar-refractivity contribution in [3.05, 3.63) is 23.6 Å². The van der Waals surface area contributed by atoms with Crippen molar-refractivity contribution in [3.63, 3.8) is 0 Å². The second kappa shape index (κ2) is 7.28. The van der Waals surface area contributed by atoms with Crippen molar-refractivity contribution in [1.29, 1.82) is 0 Å². The molecule has 2 aliphatic heterocycles. The van der Waals surface area contributed by atoms with Crippen LogP contribution in [0.3, 0.4) is 0 Å². The zero-order chi connectivity index (χ0) is 21.7. The van der Waals surface area contributed by atoms with Crippen LogP contribution in [0.4, 0.5) is 4.39 Å². The van der Waals surface area contributed by atoms with E-state index in [1.54, 1.807) is 13.8 Å². The number of halogens is 2. The van der Waals surface area contributed by atoms with Gasteiger partial charge in [-0.1, -0.05) is 32.0 Å². The van der Waals surface area contributed by atoms with Crippen LogP contribution < -0.4 is 11.1 Å². The van der Waals surface area contributed by atoms with Crippen LogP contribution in [0.5, 0.6) is 0 Å². The van der Waals surface area contributed by atoms with Gasteiger partial charge in [-0.05, 0) is 5.92 Å². The van der Waals surface area contributed by atoms with E-state index in [0.29, 0.717) is 0 Å². The standard InChI is InChI=1S/C15H21ClFN3O5/c1-7(2)11(18)14(23)24-6-15(17)4-10(21)13(25-15)20-5-9(16)12(22)19-8(20)3/h5,7,10-11,13,21H,3-4,6,18H2,1-2H3,(H,19,22)/t10-,11+,13-,15+/m1/s1/i6D2,13D. The van der Waals surface area contributed by atoms with Crippen molar-refractivity contribution < 1.29 is 32.7 Å². The fourth-order valence-corrected chi connectivity index (χ4v) is 2.19. The molecule has 4 N–H and O–H groups in total. The first-order valence-corrected chi connectivity index (χ1v) is 7.75. The van der Waals surface area contributed by atoms with Crippen molar-refractivity contribution in [2.24, 2.45) is 11.7 Å². The number of hydrogen-bond donors (Lipinski definition) is 3. The summed E-state index contributed by atoms with van der Waals surface area (Å²) in [4.78, 5) is 24.2. The van der Waals surface area contributed by atoms with E-state index in [4.69, 9.17) is 26.2 Å². The number of carbonyl (C=O) groups excluding carboxylic acids is 2. The van der Waals surface area contributed by atoms with Gasteiger partial charge >= 0.3 is 5.97 Å². The van der Waals surface area contributed by atoms with Crippen molar-refractivity contribution in [2.75, 3.05) is 6.56 Å². The molecule has 1 saturated heterocycles. The number of aliphatic hydroxyl groups excluding tert-OH is 1. The maximum atomic E-state index is 15.3. The molecule has 2 aliphatic rings. The van der Waals surface area contributed by atoms with Gasteiger partial charge in [0.15, 0.2) is 12.8 Å². The van der Waals surface area contributed by atoms with E-state index in [1.807, 2.05) is 0 Å². The summed E-state index contributed by atoms with van der Waals surface area (Å²) < 4.78 is 48.7. The first kappa shape index (κ1) is 15.6. The van der Waals surface area contributed by atoms with Gasteiger partial charge in [-0.3, -0.25) is 9.59 Å². The van der Waals surface area contributed by atoms with Gasteiger partial charge in [-0.15, -0.1) is 0 Å². The summed E-state index contributed by atoms with van der Waals surface area (Å²) in [7, 11) is 0. The molecule has 0 spiro atoms. The molecule has 0 aliphatic carbocycles. The maximum absolute atomic E-state index is 15.3. The quantitative estimate of drug-likeness (QED) is 0.586. The normalized spacial score (nSPS) is 36.3. The third-order valence-electron chi connectivity index (χ3n) is 3.55. The van der Waals surface area contributed by atoms with Gasteiger partial charge in [-0.2, -0.15) is 0 Å². The molecule has 0 aromatic heterocycles. The molecule has 0 radical (unpaired) electrons. The Hall–Kier alpha value is -1.68. The highest BCUT2D eigenvalue weighted by Gasteiger charge is 2.50. The monoisotopic (exact) mass is 380 g/mol. The highest BCUT2D eigenvalue weighted by Crippen LogP contribution is 2.36. The molecule has 1 amide bonds. The Labute approximate surface area is 153 Å². The molecule has 0 unspecified atom stereocenters. The minimum absolute atomic E-state index is 0.257. The molecular formula is C15H21ClFN3O5. The fraction of sp³-hybridized carbons (Fsp3) is 0.600. The number of alkyl halides is 1. The summed E-state index contributed by atoms with van der Waals surface area (Å²) in [5, 5.41) is 12.0. The molecule has 0 aromatic rings. The lowest BCUT2D eigenvalue weighted by molar-refractivity contribution is -0.200. The van der Waals surface area contributed by atoms with Crippen LogP contribution in [-0.2, 0) is 19.1 Å². The average molecular weight is 381 g/mol. The second-order valence-corrected chi connectivity index (χ2v) is 6.34. The van der Waals surface area contributed by atoms with E-state index in [9.17, 15) is 14.7 Å². The van der Waals surface area contributed by atoms with Gasteiger partial charge in [0, 0.05) is 12.6 Å². The lowest BCUT2D eigenvalue weighted by atomic mass is 10.1. The van der Waals surface area contributed by atoms with E-state index >= 15 is 4.39 Å². The Morgan fingerprint density at radius 2 is 2.48 bits per heavy atom. The van der Waals surface area contributed by atoms with Gasteiger partial charge in [0.1, 0.15) is 23.0 Å². The number of esters is 1. The van der Waals surface area contributed by atoms with Crippen molar-refractivity contribution >= 4 is 23.5 Å². The Kier molecular flexibility index (Phi) is 4.54. The molecule has 0 saturated carbocycles. The van der Waals surface area contributed by atoms with Crippen LogP contribution in [0.25, 0.3) is 0 Å². The highest BCUT2D eigenvalue weighted by molar-refractivity contribution is 6.42. The summed E-state index contributed by atoms with van der Waals surface area (Å²) in [5.74, 6) is -6.01. The number of ether oxygens (including phenoxy) is 2. The number of hydrogen-bond acceptors (Lipinski definition) is 7. The summed E-state index contributed by atoms with van der Waals surface area (Å²) in [6.07, 6.45) is -4.75. The molecule has 2 heterocycles. The lowest BCUT2D eigenvalue weighted by Gasteiger charge is -2.33. The van der Waals surface area contributed by atoms with Crippen molar-refractivity contribution in [1.82, 2.24) is 10.2 Å². The topological polar surface area (TPSA) is 114 Å². The van der Waals surface area contributed by atoms with Gasteiger partial charge in [-0.25, -0.2) is 4.39 Å². The molecule has 2 rings (SSSR count). The number of nitrogens with zero attached hydrogens (tertiary/aromatic N) is 1. The average Bonchev–Trinajstić information content (AvgIpc) is 2.81. The maximum Gasteiger partial charge on any atom is 0.323 e. The number of amides is 1. The summed E-state index contributed by atoms with van der Waals surface area (Å²) in [6.45, 7) is 3.26. The highest BCUT2D eigenvalue weighted by atomic mass is 35.5. The minimum atomic E-state index is -3.40. The molecule has 1 fully saturated rings. The molecule has 0 bridgehead atoms. The minimum Gasteiger partial charge on any atom is -0.458 e. The Morgan fingerprint density at radius 1 is 1.84 bits per heavy atom. The molecular weight excluding hydrogens is 357 g/mol. The predicted octanol–water partition coefficient (Wildman–Crippen LogP) is 0.269. The number of aliphatic hydroxyl groups is 1. The van der Waals surface area contributed by atoms with E-state index in [1.165, 1.54) is 0 Å². The summed E-state index contributed by atoms with van der Waals surface area (Å²) in [6, 6.07) is -1.22. The van der Waals surface area contributed by atoms with Crippen molar-refractivity contribution in [3.8, 4) is 0 Å². The second-order valence-electron chi connectivity index (χ2n) is 5.93. The smallest absolute Gasteiger partial charge is 0.323 e. The van der Waals surface area contributed by atoms with E-state index < -0.39 is 60.0 Å². The fourth-order valence-electron chi connectivity index (χ4n) is 2.05. The molecule has 8 nitrogen and oxygen atoms in total. The van der Waals surface area contributed by atoms with Crippen LogP contribution in [0, 0.1) is 5.92 Å².